The summed E-state index contributed by atoms with van der Waals surface area (Å²) in [6.45, 7) is 2.19. The number of morpholine rings is 1. The van der Waals surface area contributed by atoms with Gasteiger partial charge in [0, 0.05) is 12.1 Å². The summed E-state index contributed by atoms with van der Waals surface area (Å²) in [6.07, 6.45) is 0. The number of phenolic OH excluding ortho intramolecular Hbond substituents is 1. The highest BCUT2D eigenvalue weighted by Gasteiger charge is 2.18. The Morgan fingerprint density at radius 2 is 2.36 bits per heavy atom. The number of rotatable bonds is 1. The predicted octanol–water partition coefficient (Wildman–Crippen LogP) is 1.82. The van der Waals surface area contributed by atoms with Gasteiger partial charge in [0.2, 0.25) is 0 Å². The maximum absolute atomic E-state index is 9.81. The van der Waals surface area contributed by atoms with Gasteiger partial charge in [-0.2, -0.15) is 0 Å². The third-order valence-corrected chi connectivity index (χ3v) is 2.95. The third-order valence-electron chi connectivity index (χ3n) is 2.32. The number of ether oxygens (including phenoxy) is 1. The van der Waals surface area contributed by atoms with E-state index >= 15 is 0 Å². The van der Waals surface area contributed by atoms with Crippen LogP contribution in [0.1, 0.15) is 11.6 Å². The zero-order valence-electron chi connectivity index (χ0n) is 7.66. The second-order valence-corrected chi connectivity index (χ2v) is 4.11. The van der Waals surface area contributed by atoms with Gasteiger partial charge in [-0.05, 0) is 22.0 Å². The molecule has 76 valence electrons. The summed E-state index contributed by atoms with van der Waals surface area (Å²) in [5, 5.41) is 13.1. The molecule has 2 N–H and O–H groups in total. The second-order valence-electron chi connectivity index (χ2n) is 3.26. The first kappa shape index (κ1) is 9.96. The van der Waals surface area contributed by atoms with Crippen LogP contribution in [0.15, 0.2) is 22.7 Å². The number of aromatic hydroxyl groups is 1. The molecule has 1 aromatic carbocycles. The molecule has 1 atom stereocenters. The molecule has 0 spiro atoms. The van der Waals surface area contributed by atoms with Crippen LogP contribution in [0.25, 0.3) is 0 Å². The normalized spacial score (nSPS) is 22.2. The number of para-hydroxylation sites is 1. The number of hydrogen-bond donors (Lipinski definition) is 2. The lowest BCUT2D eigenvalue weighted by Crippen LogP contribution is -2.34. The van der Waals surface area contributed by atoms with Gasteiger partial charge in [0.05, 0.1) is 23.7 Å². The molecule has 1 aliphatic rings. The van der Waals surface area contributed by atoms with Crippen LogP contribution in [0.2, 0.25) is 0 Å². The van der Waals surface area contributed by atoms with Gasteiger partial charge in [0.15, 0.2) is 0 Å². The molecule has 3 nitrogen and oxygen atoms in total. The van der Waals surface area contributed by atoms with Crippen molar-refractivity contribution in [1.29, 1.82) is 0 Å². The van der Waals surface area contributed by atoms with Crippen molar-refractivity contribution in [3.8, 4) is 5.75 Å². The van der Waals surface area contributed by atoms with E-state index in [4.69, 9.17) is 4.74 Å². The van der Waals surface area contributed by atoms with Crippen LogP contribution in [0, 0.1) is 0 Å². The van der Waals surface area contributed by atoms with Crippen LogP contribution in [-0.2, 0) is 4.74 Å². The fourth-order valence-electron chi connectivity index (χ4n) is 1.58. The van der Waals surface area contributed by atoms with Gasteiger partial charge in [-0.25, -0.2) is 0 Å². The minimum Gasteiger partial charge on any atom is -0.506 e. The van der Waals surface area contributed by atoms with Crippen molar-refractivity contribution in [3.05, 3.63) is 28.2 Å². The van der Waals surface area contributed by atoms with Crippen LogP contribution in [-0.4, -0.2) is 24.9 Å². The molecule has 0 aromatic heterocycles. The lowest BCUT2D eigenvalue weighted by Gasteiger charge is -2.24. The number of nitrogens with one attached hydrogen (secondary N) is 1. The largest absolute Gasteiger partial charge is 0.506 e. The summed E-state index contributed by atoms with van der Waals surface area (Å²) in [6, 6.07) is 5.74. The van der Waals surface area contributed by atoms with Crippen molar-refractivity contribution in [2.75, 3.05) is 19.8 Å². The number of halogens is 1. The van der Waals surface area contributed by atoms with Gasteiger partial charge in [0.25, 0.3) is 0 Å². The lowest BCUT2D eigenvalue weighted by molar-refractivity contribution is 0.0760. The van der Waals surface area contributed by atoms with Gasteiger partial charge < -0.3 is 15.2 Å². The summed E-state index contributed by atoms with van der Waals surface area (Å²) in [5.74, 6) is 0.301. The molecule has 0 radical (unpaired) electrons. The zero-order valence-corrected chi connectivity index (χ0v) is 9.25. The molecule has 1 aliphatic heterocycles. The average Bonchev–Trinajstić information content (AvgIpc) is 2.23. The Morgan fingerprint density at radius 1 is 1.50 bits per heavy atom. The highest BCUT2D eigenvalue weighted by molar-refractivity contribution is 9.10. The van der Waals surface area contributed by atoms with E-state index in [0.29, 0.717) is 12.4 Å². The van der Waals surface area contributed by atoms with Gasteiger partial charge in [-0.15, -0.1) is 0 Å². The molecule has 0 unspecified atom stereocenters. The van der Waals surface area contributed by atoms with Crippen molar-refractivity contribution in [2.24, 2.45) is 0 Å². The molecule has 0 amide bonds. The van der Waals surface area contributed by atoms with Crippen LogP contribution < -0.4 is 5.32 Å². The van der Waals surface area contributed by atoms with E-state index in [2.05, 4.69) is 21.2 Å². The van der Waals surface area contributed by atoms with E-state index in [0.717, 1.165) is 23.2 Å². The van der Waals surface area contributed by atoms with Crippen LogP contribution in [0.4, 0.5) is 0 Å². The maximum atomic E-state index is 9.81. The minimum atomic E-state index is 0.0984. The fourth-order valence-corrected chi connectivity index (χ4v) is 1.96. The van der Waals surface area contributed by atoms with Crippen molar-refractivity contribution < 1.29 is 9.84 Å². The Kier molecular flexibility index (Phi) is 3.05. The van der Waals surface area contributed by atoms with E-state index in [1.807, 2.05) is 18.2 Å². The topological polar surface area (TPSA) is 41.5 Å². The Labute approximate surface area is 91.2 Å². The van der Waals surface area contributed by atoms with E-state index in [1.54, 1.807) is 0 Å². The molecule has 0 bridgehead atoms. The summed E-state index contributed by atoms with van der Waals surface area (Å²) in [4.78, 5) is 0. The molecule has 0 saturated carbocycles. The Hall–Kier alpha value is -0.580. The Balaban J connectivity index is 2.26. The highest BCUT2D eigenvalue weighted by atomic mass is 79.9. The predicted molar refractivity (Wildman–Crippen MR) is 57.4 cm³/mol. The second kappa shape index (κ2) is 4.29. The molecule has 1 saturated heterocycles. The monoisotopic (exact) mass is 257 g/mol. The quantitative estimate of drug-likeness (QED) is 0.807. The number of benzene rings is 1. The molecule has 1 fully saturated rings. The molecule has 1 aromatic rings. The first-order valence-electron chi connectivity index (χ1n) is 4.57. The summed E-state index contributed by atoms with van der Waals surface area (Å²) >= 11 is 3.29. The lowest BCUT2D eigenvalue weighted by atomic mass is 10.1. The van der Waals surface area contributed by atoms with E-state index in [9.17, 15) is 5.11 Å². The fraction of sp³-hybridized carbons (Fsp3) is 0.400. The highest BCUT2D eigenvalue weighted by Crippen LogP contribution is 2.32. The molecular weight excluding hydrogens is 246 g/mol. The number of phenols is 1. The van der Waals surface area contributed by atoms with E-state index in [-0.39, 0.29) is 6.04 Å². The standard InChI is InChI=1S/C10H12BrNO2/c11-8-3-1-2-7(10(8)13)9-6-14-5-4-12-9/h1-3,9,12-13H,4-6H2/t9-/m0/s1. The summed E-state index contributed by atoms with van der Waals surface area (Å²) in [5.41, 5.74) is 0.888. The molecule has 2 rings (SSSR count). The molecular formula is C10H12BrNO2. The molecule has 4 heteroatoms. The smallest absolute Gasteiger partial charge is 0.134 e. The van der Waals surface area contributed by atoms with Crippen molar-refractivity contribution >= 4 is 15.9 Å². The van der Waals surface area contributed by atoms with Crippen molar-refractivity contribution in [3.63, 3.8) is 0 Å². The van der Waals surface area contributed by atoms with E-state index < -0.39 is 0 Å². The van der Waals surface area contributed by atoms with Crippen LogP contribution in [0.3, 0.4) is 0 Å². The summed E-state index contributed by atoms with van der Waals surface area (Å²) in [7, 11) is 0. The third kappa shape index (κ3) is 1.92. The van der Waals surface area contributed by atoms with Gasteiger partial charge in [0.1, 0.15) is 5.75 Å². The Bertz CT molecular complexity index is 324. The Morgan fingerprint density at radius 3 is 3.07 bits per heavy atom. The van der Waals surface area contributed by atoms with E-state index in [1.165, 1.54) is 0 Å². The van der Waals surface area contributed by atoms with Crippen LogP contribution >= 0.6 is 15.9 Å². The maximum Gasteiger partial charge on any atom is 0.134 e. The molecule has 0 aliphatic carbocycles. The first-order chi connectivity index (χ1) is 6.79. The van der Waals surface area contributed by atoms with Crippen LogP contribution in [0.5, 0.6) is 5.75 Å². The zero-order chi connectivity index (χ0) is 9.97. The van der Waals surface area contributed by atoms with Gasteiger partial charge >= 0.3 is 0 Å². The number of hydrogen-bond acceptors (Lipinski definition) is 3. The first-order valence-corrected chi connectivity index (χ1v) is 5.37. The van der Waals surface area contributed by atoms with Crippen molar-refractivity contribution in [1.82, 2.24) is 5.32 Å². The average molecular weight is 258 g/mol. The summed E-state index contributed by atoms with van der Waals surface area (Å²) < 4.78 is 6.07. The molecule has 14 heavy (non-hydrogen) atoms. The van der Waals surface area contributed by atoms with Gasteiger partial charge in [-0.3, -0.25) is 0 Å². The van der Waals surface area contributed by atoms with Gasteiger partial charge in [-0.1, -0.05) is 12.1 Å². The molecule has 1 heterocycles. The van der Waals surface area contributed by atoms with Crippen molar-refractivity contribution in [2.45, 2.75) is 6.04 Å². The minimum absolute atomic E-state index is 0.0984. The SMILES string of the molecule is Oc1c(Br)cccc1[C@@H]1COCCN1.